The monoisotopic (exact) mass is 719 g/mol. The van der Waals surface area contributed by atoms with Crippen LogP contribution in [0, 0.1) is 21.7 Å². The predicted molar refractivity (Wildman–Crippen MR) is 200 cm³/mol. The first-order valence-electron chi connectivity index (χ1n) is 17.0. The fourth-order valence-electron chi connectivity index (χ4n) is 2.26. The summed E-state index contributed by atoms with van der Waals surface area (Å²) in [6, 6.07) is 0. The Hall–Kier alpha value is -3.21. The third-order valence-corrected chi connectivity index (χ3v) is 8.04. The van der Waals surface area contributed by atoms with E-state index < -0.39 is 22.9 Å². The van der Waals surface area contributed by atoms with Gasteiger partial charge in [-0.1, -0.05) is 61.3 Å². The molecule has 0 rings (SSSR count). The summed E-state index contributed by atoms with van der Waals surface area (Å²) in [5.41, 5.74) is -1.26. The van der Waals surface area contributed by atoms with Gasteiger partial charge in [-0.2, -0.15) is 0 Å². The molecule has 0 spiro atoms. The SMILES string of the molecule is C.C=C(C)C(=O)OCCOC(=O)C(C)(C)CC.C=CCOC(=O)C(C)(C)CC.CCC(C)(C)C(=O)OC.CCC(O)COC(=O)C(C)(C)CC. The van der Waals surface area contributed by atoms with Crippen molar-refractivity contribution in [3.63, 3.8) is 0 Å². The lowest BCUT2D eigenvalue weighted by Crippen LogP contribution is -2.28. The zero-order valence-electron chi connectivity index (χ0n) is 33.5. The van der Waals surface area contributed by atoms with Gasteiger partial charge in [0.1, 0.15) is 26.4 Å². The van der Waals surface area contributed by atoms with Gasteiger partial charge >= 0.3 is 29.8 Å². The van der Waals surface area contributed by atoms with Gasteiger partial charge in [0.25, 0.3) is 0 Å². The molecule has 1 unspecified atom stereocenters. The first kappa shape index (κ1) is 56.2. The summed E-state index contributed by atoms with van der Waals surface area (Å²) in [6.45, 7) is 33.5. The summed E-state index contributed by atoms with van der Waals surface area (Å²) in [4.78, 5) is 55.9. The van der Waals surface area contributed by atoms with Gasteiger partial charge in [0.05, 0.1) is 34.9 Å². The van der Waals surface area contributed by atoms with Gasteiger partial charge < -0.3 is 28.8 Å². The second kappa shape index (κ2) is 28.5. The zero-order valence-corrected chi connectivity index (χ0v) is 33.5. The van der Waals surface area contributed by atoms with E-state index in [1.807, 2.05) is 90.0 Å². The topological polar surface area (TPSA) is 152 Å². The highest BCUT2D eigenvalue weighted by atomic mass is 16.6. The second-order valence-electron chi connectivity index (χ2n) is 14.0. The van der Waals surface area contributed by atoms with E-state index in [-0.39, 0.29) is 62.0 Å². The third kappa shape index (κ3) is 26.6. The zero-order chi connectivity index (χ0) is 39.6. The van der Waals surface area contributed by atoms with Gasteiger partial charge in [0, 0.05) is 5.57 Å². The highest BCUT2D eigenvalue weighted by molar-refractivity contribution is 5.87. The molecule has 0 aromatic heterocycles. The van der Waals surface area contributed by atoms with E-state index in [0.717, 1.165) is 19.3 Å². The Balaban J connectivity index is -0.000000183. The van der Waals surface area contributed by atoms with Crippen LogP contribution < -0.4 is 0 Å². The van der Waals surface area contributed by atoms with Gasteiger partial charge in [-0.3, -0.25) is 19.2 Å². The maximum atomic E-state index is 11.5. The van der Waals surface area contributed by atoms with E-state index in [9.17, 15) is 24.0 Å². The molecule has 0 heterocycles. The predicted octanol–water partition coefficient (Wildman–Crippen LogP) is 8.21. The summed E-state index contributed by atoms with van der Waals surface area (Å²) in [5, 5.41) is 9.17. The largest absolute Gasteiger partial charge is 0.469 e. The number of esters is 5. The average Bonchev–Trinajstić information content (AvgIpc) is 3.07. The molecule has 1 atom stereocenters. The van der Waals surface area contributed by atoms with Crippen LogP contribution in [0.2, 0.25) is 0 Å². The number of aliphatic hydroxyl groups excluding tert-OH is 1. The van der Waals surface area contributed by atoms with Crippen LogP contribution in [0.25, 0.3) is 0 Å². The second-order valence-corrected chi connectivity index (χ2v) is 14.0. The molecule has 0 aliphatic carbocycles. The van der Waals surface area contributed by atoms with E-state index in [1.165, 1.54) is 7.11 Å². The van der Waals surface area contributed by atoms with E-state index in [1.54, 1.807) is 13.0 Å². The number of methoxy groups -OCH3 is 1. The van der Waals surface area contributed by atoms with E-state index >= 15 is 0 Å². The van der Waals surface area contributed by atoms with Gasteiger partial charge in [0.15, 0.2) is 0 Å². The number of carbonyl (C=O) groups is 5. The standard InChI is InChI=1S/C12H20O4.C10H20O3.C9H16O2.C7H14O2.CH4/c1-6-12(4,5)11(14)16-8-7-15-10(13)9(2)3;1-5-8(11)7-13-9(12)10(3,4)6-2;1-5-7-11-8(10)9(3,4)6-2;1-5-7(2,3)6(8)9-4;/h2,6-8H2,1,3-5H3;8,11H,5-7H2,1-4H3;5H,1,6-7H2,2-4H3;5H2,1-4H3;1H4. The van der Waals surface area contributed by atoms with Crippen LogP contribution in [0.5, 0.6) is 0 Å². The molecule has 11 nitrogen and oxygen atoms in total. The summed E-state index contributed by atoms with van der Waals surface area (Å²) in [5.74, 6) is -1.26. The van der Waals surface area contributed by atoms with Gasteiger partial charge in [-0.05, 0) is 94.4 Å². The van der Waals surface area contributed by atoms with Crippen molar-refractivity contribution < 1.29 is 52.8 Å². The van der Waals surface area contributed by atoms with E-state index in [0.29, 0.717) is 25.0 Å². The number of hydrogen-bond acceptors (Lipinski definition) is 11. The summed E-state index contributed by atoms with van der Waals surface area (Å²) in [7, 11) is 1.42. The lowest BCUT2D eigenvalue weighted by molar-refractivity contribution is -0.158. The third-order valence-electron chi connectivity index (χ3n) is 8.04. The van der Waals surface area contributed by atoms with Crippen LogP contribution in [0.1, 0.15) is 136 Å². The van der Waals surface area contributed by atoms with Crippen molar-refractivity contribution in [1.82, 2.24) is 0 Å². The number of aliphatic hydroxyl groups is 1. The molecule has 296 valence electrons. The molecule has 0 fully saturated rings. The Morgan fingerprint density at radius 3 is 1.28 bits per heavy atom. The number of carbonyl (C=O) groups excluding carboxylic acids is 5. The fourth-order valence-corrected chi connectivity index (χ4v) is 2.26. The number of ether oxygens (including phenoxy) is 5. The highest BCUT2D eigenvalue weighted by Gasteiger charge is 2.29. The van der Waals surface area contributed by atoms with Crippen LogP contribution >= 0.6 is 0 Å². The van der Waals surface area contributed by atoms with Crippen LogP contribution in [0.15, 0.2) is 24.8 Å². The van der Waals surface area contributed by atoms with Crippen molar-refractivity contribution in [2.24, 2.45) is 21.7 Å². The molecule has 0 amide bonds. The van der Waals surface area contributed by atoms with Gasteiger partial charge in [-0.25, -0.2) is 4.79 Å². The number of rotatable bonds is 17. The van der Waals surface area contributed by atoms with Gasteiger partial charge in [0.2, 0.25) is 0 Å². The molecule has 0 saturated heterocycles. The molecule has 11 heteroatoms. The summed E-state index contributed by atoms with van der Waals surface area (Å²) < 4.78 is 24.2. The molecule has 0 radical (unpaired) electrons. The fraction of sp³-hybridized carbons (Fsp3) is 0.769. The van der Waals surface area contributed by atoms with Crippen molar-refractivity contribution in [1.29, 1.82) is 0 Å². The minimum atomic E-state index is -0.531. The molecular weight excluding hydrogens is 644 g/mol. The molecule has 0 aliphatic rings. The first-order valence-corrected chi connectivity index (χ1v) is 17.0. The smallest absolute Gasteiger partial charge is 0.333 e. The van der Waals surface area contributed by atoms with Crippen LogP contribution in [-0.4, -0.2) is 74.6 Å². The number of hydrogen-bond donors (Lipinski definition) is 1. The Bertz CT molecular complexity index is 1010. The lowest BCUT2D eigenvalue weighted by atomic mass is 9.91. The lowest BCUT2D eigenvalue weighted by Gasteiger charge is -2.21. The highest BCUT2D eigenvalue weighted by Crippen LogP contribution is 2.23. The minimum absolute atomic E-state index is 0. The first-order chi connectivity index (χ1) is 22.3. The van der Waals surface area contributed by atoms with Crippen LogP contribution in [-0.2, 0) is 47.7 Å². The van der Waals surface area contributed by atoms with Crippen LogP contribution in [0.3, 0.4) is 0 Å². The maximum absolute atomic E-state index is 11.5. The Morgan fingerprint density at radius 1 is 0.640 bits per heavy atom. The van der Waals surface area contributed by atoms with Gasteiger partial charge in [-0.15, -0.1) is 0 Å². The minimum Gasteiger partial charge on any atom is -0.469 e. The maximum Gasteiger partial charge on any atom is 0.333 e. The van der Waals surface area contributed by atoms with Crippen molar-refractivity contribution in [3.8, 4) is 0 Å². The quantitative estimate of drug-likeness (QED) is 0.0509. The van der Waals surface area contributed by atoms with Crippen LogP contribution in [0.4, 0.5) is 0 Å². The Morgan fingerprint density at radius 2 is 0.980 bits per heavy atom. The van der Waals surface area contributed by atoms with Crippen molar-refractivity contribution >= 4 is 29.8 Å². The van der Waals surface area contributed by atoms with Crippen molar-refractivity contribution in [3.05, 3.63) is 24.8 Å². The van der Waals surface area contributed by atoms with Crippen molar-refractivity contribution in [2.75, 3.05) is 33.5 Å². The molecule has 0 bridgehead atoms. The molecule has 0 aromatic rings. The molecular formula is C39H74O11. The van der Waals surface area contributed by atoms with Crippen molar-refractivity contribution in [2.45, 2.75) is 143 Å². The van der Waals surface area contributed by atoms with E-state index in [2.05, 4.69) is 17.9 Å². The average molecular weight is 719 g/mol. The summed E-state index contributed by atoms with van der Waals surface area (Å²) >= 11 is 0. The van der Waals surface area contributed by atoms with E-state index in [4.69, 9.17) is 24.1 Å². The molecule has 1 N–H and O–H groups in total. The molecule has 0 aromatic carbocycles. The Labute approximate surface area is 304 Å². The molecule has 0 aliphatic heterocycles. The summed E-state index contributed by atoms with van der Waals surface area (Å²) in [6.07, 6.45) is 4.72. The molecule has 0 saturated carbocycles. The Kier molecular flexibility index (Phi) is 32.0. The normalized spacial score (nSPS) is 11.4. The molecule has 50 heavy (non-hydrogen) atoms.